The van der Waals surface area contributed by atoms with E-state index in [1.54, 1.807) is 12.1 Å². The van der Waals surface area contributed by atoms with Crippen LogP contribution < -0.4 is 5.32 Å². The van der Waals surface area contributed by atoms with E-state index in [1.807, 2.05) is 26.8 Å². The Labute approximate surface area is 166 Å². The zero-order valence-electron chi connectivity index (χ0n) is 16.5. The average Bonchev–Trinajstić information content (AvgIpc) is 2.64. The van der Waals surface area contributed by atoms with Gasteiger partial charge in [-0.1, -0.05) is 32.9 Å². The van der Waals surface area contributed by atoms with Gasteiger partial charge >= 0.3 is 0 Å². The molecule has 0 heterocycles. The van der Waals surface area contributed by atoms with E-state index in [-0.39, 0.29) is 21.6 Å². The highest BCUT2D eigenvalue weighted by Gasteiger charge is 2.26. The predicted molar refractivity (Wildman–Crippen MR) is 106 cm³/mol. The third-order valence-corrected chi connectivity index (χ3v) is 6.91. The molecule has 2 aromatic carbocycles. The van der Waals surface area contributed by atoms with Crippen LogP contribution in [0.4, 0.5) is 4.39 Å². The number of halogens is 1. The van der Waals surface area contributed by atoms with E-state index in [9.17, 15) is 17.6 Å². The highest BCUT2D eigenvalue weighted by Crippen LogP contribution is 2.34. The first-order valence-corrected chi connectivity index (χ1v) is 11.0. The number of fused-ring (bicyclic) bond motifs is 1. The molecule has 1 aliphatic carbocycles. The molecule has 0 unspecified atom stereocenters. The van der Waals surface area contributed by atoms with Gasteiger partial charge in [-0.05, 0) is 60.7 Å². The smallest absolute Gasteiger partial charge is 0.225 e. The first-order valence-electron chi connectivity index (χ1n) is 9.51. The van der Waals surface area contributed by atoms with Gasteiger partial charge in [-0.25, -0.2) is 12.8 Å². The standard InChI is InChI=1S/C22H26FNO3S/c1-22(2,3)21(25)24-14-16-7-4-6-15-12-19(10-11-20(15)16)28(26,27)18-9-5-8-17(23)13-18/h5,8-13,16H,4,6-7,14H2,1-3H3,(H,24,25)/t16-/m0/s1. The second kappa shape index (κ2) is 7.66. The maximum atomic E-state index is 13.5. The number of carbonyl (C=O) groups excluding carboxylic acids is 1. The van der Waals surface area contributed by atoms with Crippen molar-refractivity contribution < 1.29 is 17.6 Å². The minimum absolute atomic E-state index is 0.00456. The summed E-state index contributed by atoms with van der Waals surface area (Å²) in [4.78, 5) is 12.3. The van der Waals surface area contributed by atoms with Crippen LogP contribution in [-0.2, 0) is 21.1 Å². The number of rotatable bonds is 4. The van der Waals surface area contributed by atoms with Crippen LogP contribution in [0.5, 0.6) is 0 Å². The van der Waals surface area contributed by atoms with Gasteiger partial charge in [0.05, 0.1) is 9.79 Å². The summed E-state index contributed by atoms with van der Waals surface area (Å²) in [6.07, 6.45) is 2.69. The van der Waals surface area contributed by atoms with Crippen LogP contribution >= 0.6 is 0 Å². The Morgan fingerprint density at radius 3 is 2.54 bits per heavy atom. The van der Waals surface area contributed by atoms with Crippen molar-refractivity contribution in [1.82, 2.24) is 5.32 Å². The van der Waals surface area contributed by atoms with Crippen LogP contribution in [0.3, 0.4) is 0 Å². The lowest BCUT2D eigenvalue weighted by Crippen LogP contribution is -2.37. The van der Waals surface area contributed by atoms with Gasteiger partial charge in [-0.3, -0.25) is 4.79 Å². The topological polar surface area (TPSA) is 63.2 Å². The zero-order chi connectivity index (χ0) is 20.5. The molecule has 0 spiro atoms. The van der Waals surface area contributed by atoms with Crippen molar-refractivity contribution in [2.45, 2.75) is 55.7 Å². The van der Waals surface area contributed by atoms with Crippen molar-refractivity contribution in [3.8, 4) is 0 Å². The molecule has 1 aliphatic rings. The summed E-state index contributed by atoms with van der Waals surface area (Å²) in [5.41, 5.74) is 1.62. The molecule has 4 nitrogen and oxygen atoms in total. The summed E-state index contributed by atoms with van der Waals surface area (Å²) >= 11 is 0. The molecule has 0 bridgehead atoms. The Bertz CT molecular complexity index is 993. The second-order valence-electron chi connectivity index (χ2n) is 8.37. The molecule has 0 saturated heterocycles. The van der Waals surface area contributed by atoms with Gasteiger partial charge in [-0.15, -0.1) is 0 Å². The Kier molecular flexibility index (Phi) is 5.62. The molecule has 0 radical (unpaired) electrons. The fourth-order valence-corrected chi connectivity index (χ4v) is 4.86. The maximum Gasteiger partial charge on any atom is 0.225 e. The van der Waals surface area contributed by atoms with E-state index in [4.69, 9.17) is 0 Å². The first kappa shape index (κ1) is 20.5. The van der Waals surface area contributed by atoms with Gasteiger partial charge in [0.25, 0.3) is 0 Å². The average molecular weight is 404 g/mol. The monoisotopic (exact) mass is 403 g/mol. The van der Waals surface area contributed by atoms with Crippen LogP contribution in [0.25, 0.3) is 0 Å². The molecule has 0 aliphatic heterocycles. The van der Waals surface area contributed by atoms with Gasteiger partial charge in [0, 0.05) is 17.9 Å². The molecule has 6 heteroatoms. The number of aryl methyl sites for hydroxylation is 1. The molecular weight excluding hydrogens is 377 g/mol. The Morgan fingerprint density at radius 1 is 1.14 bits per heavy atom. The minimum Gasteiger partial charge on any atom is -0.355 e. The SMILES string of the molecule is CC(C)(C)C(=O)NC[C@@H]1CCCc2cc(S(=O)(=O)c3cccc(F)c3)ccc21. The molecule has 0 aromatic heterocycles. The molecular formula is C22H26FNO3S. The zero-order valence-corrected chi connectivity index (χ0v) is 17.3. The second-order valence-corrected chi connectivity index (χ2v) is 10.3. The summed E-state index contributed by atoms with van der Waals surface area (Å²) in [6.45, 7) is 6.17. The Morgan fingerprint density at radius 2 is 1.86 bits per heavy atom. The fourth-order valence-electron chi connectivity index (χ4n) is 3.52. The lowest BCUT2D eigenvalue weighted by Gasteiger charge is -2.27. The van der Waals surface area contributed by atoms with Crippen molar-refractivity contribution in [3.05, 3.63) is 59.4 Å². The number of sulfone groups is 1. The number of nitrogens with one attached hydrogen (secondary N) is 1. The van der Waals surface area contributed by atoms with Crippen LogP contribution in [0.15, 0.2) is 52.3 Å². The molecule has 0 fully saturated rings. The van der Waals surface area contributed by atoms with Crippen molar-refractivity contribution in [2.24, 2.45) is 5.41 Å². The van der Waals surface area contributed by atoms with Crippen molar-refractivity contribution >= 4 is 15.7 Å². The summed E-state index contributed by atoms with van der Waals surface area (Å²) < 4.78 is 39.2. The highest BCUT2D eigenvalue weighted by molar-refractivity contribution is 7.91. The van der Waals surface area contributed by atoms with Gasteiger partial charge in [-0.2, -0.15) is 0 Å². The molecule has 28 heavy (non-hydrogen) atoms. The summed E-state index contributed by atoms with van der Waals surface area (Å²) in [6, 6.07) is 10.2. The van der Waals surface area contributed by atoms with E-state index < -0.39 is 21.1 Å². The van der Waals surface area contributed by atoms with E-state index >= 15 is 0 Å². The van der Waals surface area contributed by atoms with Gasteiger partial charge < -0.3 is 5.32 Å². The highest BCUT2D eigenvalue weighted by atomic mass is 32.2. The Hall–Kier alpha value is -2.21. The normalized spacial score (nSPS) is 17.1. The minimum atomic E-state index is -3.77. The largest absolute Gasteiger partial charge is 0.355 e. The number of benzene rings is 2. The maximum absolute atomic E-state index is 13.5. The van der Waals surface area contributed by atoms with Crippen LogP contribution in [0, 0.1) is 11.2 Å². The predicted octanol–water partition coefficient (Wildman–Crippen LogP) is 4.24. The van der Waals surface area contributed by atoms with Crippen molar-refractivity contribution in [2.75, 3.05) is 6.54 Å². The van der Waals surface area contributed by atoms with E-state index in [1.165, 1.54) is 18.2 Å². The summed E-state index contributed by atoms with van der Waals surface area (Å²) in [7, 11) is -3.77. The molecule has 1 amide bonds. The molecule has 1 atom stereocenters. The number of carbonyl (C=O) groups is 1. The Balaban J connectivity index is 1.86. The molecule has 150 valence electrons. The van der Waals surface area contributed by atoms with Gasteiger partial charge in [0.15, 0.2) is 0 Å². The van der Waals surface area contributed by atoms with Gasteiger partial charge in [0.2, 0.25) is 15.7 Å². The molecule has 3 rings (SSSR count). The van der Waals surface area contributed by atoms with Crippen LogP contribution in [-0.4, -0.2) is 20.9 Å². The van der Waals surface area contributed by atoms with E-state index in [0.29, 0.717) is 6.54 Å². The third-order valence-electron chi connectivity index (χ3n) is 5.16. The van der Waals surface area contributed by atoms with E-state index in [2.05, 4.69) is 5.32 Å². The number of amides is 1. The summed E-state index contributed by atoms with van der Waals surface area (Å²) in [5.74, 6) is -0.403. The third kappa shape index (κ3) is 4.27. The number of hydrogen-bond acceptors (Lipinski definition) is 3. The van der Waals surface area contributed by atoms with Crippen molar-refractivity contribution in [1.29, 1.82) is 0 Å². The lowest BCUT2D eigenvalue weighted by molar-refractivity contribution is -0.128. The quantitative estimate of drug-likeness (QED) is 0.830. The molecule has 0 saturated carbocycles. The van der Waals surface area contributed by atoms with Gasteiger partial charge in [0.1, 0.15) is 5.82 Å². The van der Waals surface area contributed by atoms with Crippen LogP contribution in [0.2, 0.25) is 0 Å². The molecule has 2 aromatic rings. The molecule has 1 N–H and O–H groups in total. The van der Waals surface area contributed by atoms with E-state index in [0.717, 1.165) is 36.5 Å². The van der Waals surface area contributed by atoms with Crippen molar-refractivity contribution in [3.63, 3.8) is 0 Å². The van der Waals surface area contributed by atoms with Crippen LogP contribution in [0.1, 0.15) is 50.7 Å². The fraction of sp³-hybridized carbons (Fsp3) is 0.409. The first-order chi connectivity index (χ1) is 13.1. The number of hydrogen-bond donors (Lipinski definition) is 1. The lowest BCUT2D eigenvalue weighted by atomic mass is 9.82. The summed E-state index contributed by atoms with van der Waals surface area (Å²) in [5, 5.41) is 3.01.